The predicted molar refractivity (Wildman–Crippen MR) is 381 cm³/mol. The summed E-state index contributed by atoms with van der Waals surface area (Å²) >= 11 is 0. The Balaban J connectivity index is 0.000000141. The minimum atomic E-state index is 0.654. The fourth-order valence-corrected chi connectivity index (χ4v) is 14.0. The fourth-order valence-electron chi connectivity index (χ4n) is 14.0. The van der Waals surface area contributed by atoms with Crippen molar-refractivity contribution >= 4 is 87.2 Å². The molecule has 0 bridgehead atoms. The zero-order chi connectivity index (χ0) is 61.2. The minimum Gasteiger partial charge on any atom is -0.309 e. The first-order valence-corrected chi connectivity index (χ1v) is 31.0. The lowest BCUT2D eigenvalue weighted by Gasteiger charge is -2.09. The second kappa shape index (κ2) is 22.1. The molecule has 0 aliphatic rings. The molecule has 6 heteroatoms. The second-order valence-electron chi connectivity index (χ2n) is 23.5. The van der Waals surface area contributed by atoms with Crippen LogP contribution in [0.5, 0.6) is 0 Å². The molecule has 18 aromatic rings. The van der Waals surface area contributed by atoms with Gasteiger partial charge >= 0.3 is 0 Å². The highest BCUT2D eigenvalue weighted by atomic mass is 15.0. The van der Waals surface area contributed by atoms with Crippen molar-refractivity contribution in [3.63, 3.8) is 0 Å². The van der Waals surface area contributed by atoms with Crippen LogP contribution in [0.15, 0.2) is 328 Å². The predicted octanol–water partition coefficient (Wildman–Crippen LogP) is 22.2. The molecule has 0 amide bonds. The van der Waals surface area contributed by atoms with Gasteiger partial charge in [-0.1, -0.05) is 188 Å². The van der Waals surface area contributed by atoms with Gasteiger partial charge in [0.25, 0.3) is 0 Å². The summed E-state index contributed by atoms with van der Waals surface area (Å²) in [6, 6.07) is 121. The molecular formula is C86H54N6. The maximum absolute atomic E-state index is 9.51. The van der Waals surface area contributed by atoms with Crippen molar-refractivity contribution in [3.05, 3.63) is 339 Å². The number of aromatic nitrogens is 4. The molecule has 14 aromatic carbocycles. The maximum atomic E-state index is 9.51. The second-order valence-corrected chi connectivity index (χ2v) is 23.5. The molecule has 0 N–H and O–H groups in total. The van der Waals surface area contributed by atoms with Crippen LogP contribution in [0, 0.1) is 22.7 Å². The van der Waals surface area contributed by atoms with Gasteiger partial charge in [-0.15, -0.1) is 0 Å². The molecule has 0 saturated heterocycles. The van der Waals surface area contributed by atoms with Gasteiger partial charge < -0.3 is 18.3 Å². The summed E-state index contributed by atoms with van der Waals surface area (Å²) in [7, 11) is 0. The van der Waals surface area contributed by atoms with Gasteiger partial charge in [-0.25, -0.2) is 0 Å². The minimum absolute atomic E-state index is 0.654. The third kappa shape index (κ3) is 9.01. The third-order valence-corrected chi connectivity index (χ3v) is 18.3. The molecule has 92 heavy (non-hydrogen) atoms. The highest BCUT2D eigenvalue weighted by molar-refractivity contribution is 6.14. The Labute approximate surface area is 531 Å². The van der Waals surface area contributed by atoms with E-state index in [9.17, 15) is 10.5 Å². The Morgan fingerprint density at radius 1 is 0.174 bits per heavy atom. The largest absolute Gasteiger partial charge is 0.309 e. The Bertz CT molecular complexity index is 5990. The van der Waals surface area contributed by atoms with Gasteiger partial charge in [0.1, 0.15) is 0 Å². The van der Waals surface area contributed by atoms with E-state index in [0.29, 0.717) is 11.1 Å². The summed E-state index contributed by atoms with van der Waals surface area (Å²) in [4.78, 5) is 0. The van der Waals surface area contributed by atoms with E-state index in [1.54, 1.807) is 0 Å². The number of rotatable bonds is 8. The average molecular weight is 1170 g/mol. The lowest BCUT2D eigenvalue weighted by Crippen LogP contribution is -1.94. The molecule has 0 spiro atoms. The van der Waals surface area contributed by atoms with E-state index in [2.05, 4.69) is 316 Å². The van der Waals surface area contributed by atoms with Crippen LogP contribution in [-0.2, 0) is 0 Å². The molecule has 0 aliphatic heterocycles. The summed E-state index contributed by atoms with van der Waals surface area (Å²) < 4.78 is 9.24. The van der Waals surface area contributed by atoms with Crippen LogP contribution < -0.4 is 0 Å². The van der Waals surface area contributed by atoms with Crippen molar-refractivity contribution in [2.45, 2.75) is 0 Å². The SMILES string of the molecule is N#Cc1ccc(-n2c3ccccc3c3cc(-c4ccc(-c5ccc6c(c5)c5ccccc5n6-c5ccccc5)cc4)ccc32)cc1.N#Cc1cccc(-n2c3ccccc3c3cc(-c4ccc(-c5ccc6c(c5)c5ccccc5n6-c5ccccc5)cc4)ccc32)c1. The molecule has 18 rings (SSSR count). The monoisotopic (exact) mass is 1170 g/mol. The first-order chi connectivity index (χ1) is 45.5. The van der Waals surface area contributed by atoms with Crippen LogP contribution in [0.2, 0.25) is 0 Å². The van der Waals surface area contributed by atoms with E-state index < -0.39 is 0 Å². The molecule has 4 aromatic heterocycles. The van der Waals surface area contributed by atoms with E-state index in [-0.39, 0.29) is 0 Å². The van der Waals surface area contributed by atoms with Gasteiger partial charge in [0.2, 0.25) is 0 Å². The zero-order valence-corrected chi connectivity index (χ0v) is 49.9. The van der Waals surface area contributed by atoms with E-state index in [0.717, 1.165) is 33.4 Å². The lowest BCUT2D eigenvalue weighted by molar-refractivity contribution is 1.18. The Morgan fingerprint density at radius 3 is 0.761 bits per heavy atom. The van der Waals surface area contributed by atoms with Crippen LogP contribution in [-0.4, -0.2) is 18.3 Å². The number of benzene rings is 14. The van der Waals surface area contributed by atoms with E-state index in [1.807, 2.05) is 42.5 Å². The molecule has 428 valence electrons. The molecule has 0 atom stereocenters. The van der Waals surface area contributed by atoms with Crippen molar-refractivity contribution in [2.24, 2.45) is 0 Å². The van der Waals surface area contributed by atoms with Crippen LogP contribution in [0.4, 0.5) is 0 Å². The van der Waals surface area contributed by atoms with Gasteiger partial charge in [-0.2, -0.15) is 10.5 Å². The number of hydrogen-bond donors (Lipinski definition) is 0. The highest BCUT2D eigenvalue weighted by Crippen LogP contribution is 2.41. The smallest absolute Gasteiger partial charge is 0.0992 e. The molecule has 6 nitrogen and oxygen atoms in total. The van der Waals surface area contributed by atoms with Crippen molar-refractivity contribution in [2.75, 3.05) is 0 Å². The Hall–Kier alpha value is -12.7. The summed E-state index contributed by atoms with van der Waals surface area (Å²) in [6.07, 6.45) is 0. The van der Waals surface area contributed by atoms with Crippen LogP contribution >= 0.6 is 0 Å². The molecule has 0 radical (unpaired) electrons. The van der Waals surface area contributed by atoms with Crippen molar-refractivity contribution in [3.8, 4) is 79.4 Å². The highest BCUT2D eigenvalue weighted by Gasteiger charge is 2.19. The van der Waals surface area contributed by atoms with Crippen molar-refractivity contribution in [1.29, 1.82) is 10.5 Å². The van der Waals surface area contributed by atoms with E-state index in [4.69, 9.17) is 0 Å². The van der Waals surface area contributed by atoms with Gasteiger partial charge in [0, 0.05) is 65.8 Å². The average Bonchev–Trinajstić information content (AvgIpc) is 1.68. The summed E-state index contributed by atoms with van der Waals surface area (Å²) in [5.74, 6) is 0. The summed E-state index contributed by atoms with van der Waals surface area (Å²) in [5.41, 5.74) is 24.6. The Kier molecular flexibility index (Phi) is 12.9. The molecule has 0 fully saturated rings. The van der Waals surface area contributed by atoms with Crippen LogP contribution in [0.25, 0.3) is 154 Å². The molecule has 0 aliphatic carbocycles. The topological polar surface area (TPSA) is 67.3 Å². The van der Waals surface area contributed by atoms with Crippen molar-refractivity contribution in [1.82, 2.24) is 18.3 Å². The zero-order valence-electron chi connectivity index (χ0n) is 49.9. The first kappa shape index (κ1) is 53.5. The standard InChI is InChI=1S/2C43H27N3/c44-28-29-9-8-12-35(25-29)46-41-16-7-5-14-37(41)39-27-33(22-24-43(39)46)31-19-17-30(18-20-31)32-21-23-42-38(26-32)36-13-4-6-15-40(36)45(42)34-10-2-1-3-11-34;44-28-29-14-22-35(23-15-29)46-41-13-7-5-11-37(41)39-27-33(21-25-43(39)46)31-18-16-30(17-19-31)32-20-24-42-38(26-32)36-10-4-6-12-40(36)45(42)34-8-2-1-3-9-34/h2*1-27H. The number of fused-ring (bicyclic) bond motifs is 12. The molecule has 0 unspecified atom stereocenters. The molecular weight excluding hydrogens is 1120 g/mol. The summed E-state index contributed by atoms with van der Waals surface area (Å²) in [6.45, 7) is 0. The summed E-state index contributed by atoms with van der Waals surface area (Å²) in [5, 5.41) is 28.6. The Morgan fingerprint density at radius 2 is 0.435 bits per heavy atom. The maximum Gasteiger partial charge on any atom is 0.0992 e. The van der Waals surface area contributed by atoms with Crippen molar-refractivity contribution < 1.29 is 0 Å². The van der Waals surface area contributed by atoms with E-state index >= 15 is 0 Å². The third-order valence-electron chi connectivity index (χ3n) is 18.3. The van der Waals surface area contributed by atoms with E-state index in [1.165, 1.54) is 121 Å². The lowest BCUT2D eigenvalue weighted by atomic mass is 9.98. The number of para-hydroxylation sites is 6. The number of hydrogen-bond acceptors (Lipinski definition) is 2. The normalized spacial score (nSPS) is 11.5. The fraction of sp³-hybridized carbons (Fsp3) is 0. The first-order valence-electron chi connectivity index (χ1n) is 31.0. The van der Waals surface area contributed by atoms with Gasteiger partial charge in [-0.3, -0.25) is 0 Å². The van der Waals surface area contributed by atoms with Gasteiger partial charge in [-0.05, 0) is 184 Å². The number of nitriles is 2. The quantitative estimate of drug-likeness (QED) is 0.152. The van der Waals surface area contributed by atoms with Gasteiger partial charge in [0.05, 0.1) is 67.4 Å². The molecule has 4 heterocycles. The van der Waals surface area contributed by atoms with Crippen LogP contribution in [0.1, 0.15) is 11.1 Å². The van der Waals surface area contributed by atoms with Crippen LogP contribution in [0.3, 0.4) is 0 Å². The van der Waals surface area contributed by atoms with Gasteiger partial charge in [0.15, 0.2) is 0 Å². The molecule has 0 saturated carbocycles. The number of nitrogens with zero attached hydrogens (tertiary/aromatic N) is 6.